The van der Waals surface area contributed by atoms with Crippen LogP contribution < -0.4 is 10.1 Å². The van der Waals surface area contributed by atoms with Crippen molar-refractivity contribution in [2.75, 3.05) is 11.9 Å². The van der Waals surface area contributed by atoms with Crippen molar-refractivity contribution < 1.29 is 4.74 Å². The Hall–Kier alpha value is -1.33. The highest BCUT2D eigenvalue weighted by Gasteiger charge is 2.06. The van der Waals surface area contributed by atoms with Gasteiger partial charge in [-0.1, -0.05) is 30.7 Å². The predicted octanol–water partition coefficient (Wildman–Crippen LogP) is 4.29. The molecule has 1 N–H and O–H groups in total. The van der Waals surface area contributed by atoms with Crippen molar-refractivity contribution in [3.8, 4) is 5.88 Å². The summed E-state index contributed by atoms with van der Waals surface area (Å²) < 4.78 is 6.43. The summed E-state index contributed by atoms with van der Waals surface area (Å²) in [6, 6.07) is 7.52. The number of aromatic nitrogens is 2. The highest BCUT2D eigenvalue weighted by atomic mass is 79.9. The summed E-state index contributed by atoms with van der Waals surface area (Å²) in [7, 11) is 0. The molecule has 0 aliphatic heterocycles. The molecule has 4 nitrogen and oxygen atoms in total. The summed E-state index contributed by atoms with van der Waals surface area (Å²) in [5.74, 6) is 1.09. The maximum Gasteiger partial charge on any atom is 0.233 e. The first kappa shape index (κ1) is 15.1. The van der Waals surface area contributed by atoms with Crippen LogP contribution in [0.2, 0.25) is 5.02 Å². The summed E-state index contributed by atoms with van der Waals surface area (Å²) in [6.07, 6.45) is 2.70. The molecule has 0 fully saturated rings. The summed E-state index contributed by atoms with van der Waals surface area (Å²) in [5, 5.41) is 3.84. The molecule has 0 unspecified atom stereocenters. The second-order valence-electron chi connectivity index (χ2n) is 4.19. The van der Waals surface area contributed by atoms with Crippen LogP contribution in [0.4, 0.5) is 5.95 Å². The van der Waals surface area contributed by atoms with Gasteiger partial charge in [0.15, 0.2) is 0 Å². The topological polar surface area (TPSA) is 47.0 Å². The number of anilines is 1. The zero-order valence-electron chi connectivity index (χ0n) is 11.1. The summed E-state index contributed by atoms with van der Waals surface area (Å²) in [5.41, 5.74) is 1.03. The normalized spacial score (nSPS) is 10.3. The smallest absolute Gasteiger partial charge is 0.233 e. The summed E-state index contributed by atoms with van der Waals surface area (Å²) in [4.78, 5) is 8.50. The van der Waals surface area contributed by atoms with Gasteiger partial charge in [-0.25, -0.2) is 4.98 Å². The van der Waals surface area contributed by atoms with Gasteiger partial charge < -0.3 is 10.1 Å². The van der Waals surface area contributed by atoms with E-state index in [0.29, 0.717) is 23.5 Å². The molecular formula is C14H15BrClN3O. The zero-order valence-corrected chi connectivity index (χ0v) is 13.4. The second-order valence-corrected chi connectivity index (χ2v) is 5.48. The number of ether oxygens (including phenoxy) is 1. The van der Waals surface area contributed by atoms with Gasteiger partial charge in [-0.15, -0.1) is 0 Å². The average Bonchev–Trinajstić information content (AvgIpc) is 2.46. The SMILES string of the molecule is CCCNc1ncc(Br)c(OCc2ccc(Cl)cc2)n1. The standard InChI is InChI=1S/C14H15BrClN3O/c1-2-7-17-14-18-8-12(15)13(19-14)20-9-10-3-5-11(16)6-4-10/h3-6,8H,2,7,9H2,1H3,(H,17,18,19). The van der Waals surface area contributed by atoms with Crippen molar-refractivity contribution in [3.63, 3.8) is 0 Å². The highest BCUT2D eigenvalue weighted by molar-refractivity contribution is 9.10. The third kappa shape index (κ3) is 4.35. The maximum atomic E-state index is 5.85. The van der Waals surface area contributed by atoms with E-state index in [0.717, 1.165) is 23.0 Å². The van der Waals surface area contributed by atoms with E-state index >= 15 is 0 Å². The van der Waals surface area contributed by atoms with E-state index in [1.54, 1.807) is 6.20 Å². The molecule has 1 aromatic carbocycles. The second kappa shape index (κ2) is 7.45. The van der Waals surface area contributed by atoms with Crippen molar-refractivity contribution in [3.05, 3.63) is 45.5 Å². The van der Waals surface area contributed by atoms with E-state index in [9.17, 15) is 0 Å². The molecule has 0 spiro atoms. The third-order valence-electron chi connectivity index (χ3n) is 2.53. The zero-order chi connectivity index (χ0) is 14.4. The minimum atomic E-state index is 0.431. The van der Waals surface area contributed by atoms with Gasteiger partial charge in [-0.3, -0.25) is 0 Å². The minimum absolute atomic E-state index is 0.431. The van der Waals surface area contributed by atoms with Crippen LogP contribution in [-0.2, 0) is 6.61 Å². The van der Waals surface area contributed by atoms with Crippen LogP contribution in [0.15, 0.2) is 34.9 Å². The number of benzene rings is 1. The van der Waals surface area contributed by atoms with E-state index < -0.39 is 0 Å². The molecule has 0 aliphatic rings. The minimum Gasteiger partial charge on any atom is -0.472 e. The van der Waals surface area contributed by atoms with Crippen LogP contribution in [0.5, 0.6) is 5.88 Å². The lowest BCUT2D eigenvalue weighted by molar-refractivity contribution is 0.291. The Labute approximate surface area is 131 Å². The molecule has 0 atom stereocenters. The predicted molar refractivity (Wildman–Crippen MR) is 84.3 cm³/mol. The number of nitrogens with zero attached hydrogens (tertiary/aromatic N) is 2. The molecule has 1 aromatic heterocycles. The molecule has 1 heterocycles. The van der Waals surface area contributed by atoms with Gasteiger partial charge in [0.25, 0.3) is 0 Å². The first-order valence-electron chi connectivity index (χ1n) is 6.32. The van der Waals surface area contributed by atoms with Crippen molar-refractivity contribution in [2.24, 2.45) is 0 Å². The molecule has 0 saturated carbocycles. The van der Waals surface area contributed by atoms with Crippen LogP contribution >= 0.6 is 27.5 Å². The van der Waals surface area contributed by atoms with E-state index in [1.165, 1.54) is 0 Å². The molecule has 0 aliphatic carbocycles. The maximum absolute atomic E-state index is 5.85. The molecule has 6 heteroatoms. The largest absolute Gasteiger partial charge is 0.472 e. The van der Waals surface area contributed by atoms with Gasteiger partial charge in [-0.2, -0.15) is 4.98 Å². The molecule has 2 rings (SSSR count). The molecule has 0 radical (unpaired) electrons. The number of hydrogen-bond acceptors (Lipinski definition) is 4. The fourth-order valence-corrected chi connectivity index (χ4v) is 1.94. The van der Waals surface area contributed by atoms with Gasteiger partial charge in [0.2, 0.25) is 11.8 Å². The lowest BCUT2D eigenvalue weighted by atomic mass is 10.2. The highest BCUT2D eigenvalue weighted by Crippen LogP contribution is 2.23. The molecule has 0 amide bonds. The summed E-state index contributed by atoms with van der Waals surface area (Å²) in [6.45, 7) is 3.35. The van der Waals surface area contributed by atoms with Crippen LogP contribution in [0.3, 0.4) is 0 Å². The molecular weight excluding hydrogens is 342 g/mol. The molecule has 0 bridgehead atoms. The number of rotatable bonds is 6. The lowest BCUT2D eigenvalue weighted by Gasteiger charge is -2.09. The Morgan fingerprint density at radius 2 is 2.05 bits per heavy atom. The van der Waals surface area contributed by atoms with Gasteiger partial charge in [0, 0.05) is 11.6 Å². The number of nitrogens with one attached hydrogen (secondary N) is 1. The summed E-state index contributed by atoms with van der Waals surface area (Å²) >= 11 is 9.23. The van der Waals surface area contributed by atoms with E-state index in [2.05, 4.69) is 38.1 Å². The Morgan fingerprint density at radius 1 is 1.30 bits per heavy atom. The Kier molecular flexibility index (Phi) is 5.61. The van der Waals surface area contributed by atoms with Crippen molar-refractivity contribution in [2.45, 2.75) is 20.0 Å². The van der Waals surface area contributed by atoms with Crippen molar-refractivity contribution in [1.82, 2.24) is 9.97 Å². The van der Waals surface area contributed by atoms with Gasteiger partial charge in [0.05, 0.1) is 10.7 Å². The van der Waals surface area contributed by atoms with Gasteiger partial charge in [0.1, 0.15) is 6.61 Å². The Bertz CT molecular complexity index is 563. The first-order valence-corrected chi connectivity index (χ1v) is 7.50. The Balaban J connectivity index is 2.02. The van der Waals surface area contributed by atoms with Crippen molar-refractivity contribution >= 4 is 33.5 Å². The van der Waals surface area contributed by atoms with E-state index in [1.807, 2.05) is 24.3 Å². The average molecular weight is 357 g/mol. The Morgan fingerprint density at radius 3 is 2.75 bits per heavy atom. The van der Waals surface area contributed by atoms with Gasteiger partial charge in [-0.05, 0) is 40.0 Å². The van der Waals surface area contributed by atoms with E-state index in [-0.39, 0.29) is 0 Å². The quantitative estimate of drug-likeness (QED) is 0.838. The van der Waals surface area contributed by atoms with Crippen LogP contribution in [-0.4, -0.2) is 16.5 Å². The van der Waals surface area contributed by atoms with Crippen LogP contribution in [0, 0.1) is 0 Å². The third-order valence-corrected chi connectivity index (χ3v) is 3.33. The van der Waals surface area contributed by atoms with Crippen LogP contribution in [0.1, 0.15) is 18.9 Å². The molecule has 0 saturated heterocycles. The monoisotopic (exact) mass is 355 g/mol. The fraction of sp³-hybridized carbons (Fsp3) is 0.286. The number of halogens is 2. The molecule has 2 aromatic rings. The number of hydrogen-bond donors (Lipinski definition) is 1. The molecule has 20 heavy (non-hydrogen) atoms. The van der Waals surface area contributed by atoms with Gasteiger partial charge >= 0.3 is 0 Å². The van der Waals surface area contributed by atoms with E-state index in [4.69, 9.17) is 16.3 Å². The first-order chi connectivity index (χ1) is 9.69. The van der Waals surface area contributed by atoms with Crippen molar-refractivity contribution in [1.29, 1.82) is 0 Å². The van der Waals surface area contributed by atoms with Crippen LogP contribution in [0.25, 0.3) is 0 Å². The lowest BCUT2D eigenvalue weighted by Crippen LogP contribution is -2.06. The fourth-order valence-electron chi connectivity index (χ4n) is 1.51. The molecule has 106 valence electrons.